The Balaban J connectivity index is 1.23. The Hall–Kier alpha value is -2.95. The Bertz CT molecular complexity index is 1480. The van der Waals surface area contributed by atoms with Gasteiger partial charge in [-0.15, -0.1) is 0 Å². The van der Waals surface area contributed by atoms with Gasteiger partial charge in [0.15, 0.2) is 0 Å². The first-order chi connectivity index (χ1) is 22.1. The Morgan fingerprint density at radius 2 is 1.85 bits per heavy atom. The van der Waals surface area contributed by atoms with Crippen molar-refractivity contribution in [2.24, 2.45) is 5.92 Å². The number of likely N-dealkylation sites (tertiary alicyclic amines) is 1. The van der Waals surface area contributed by atoms with Gasteiger partial charge in [0.25, 0.3) is 0 Å². The van der Waals surface area contributed by atoms with Gasteiger partial charge in [0.1, 0.15) is 11.6 Å². The van der Waals surface area contributed by atoms with Gasteiger partial charge in [0, 0.05) is 67.4 Å². The van der Waals surface area contributed by atoms with E-state index in [-0.39, 0.29) is 11.9 Å². The van der Waals surface area contributed by atoms with Crippen molar-refractivity contribution in [3.8, 4) is 0 Å². The van der Waals surface area contributed by atoms with Crippen LogP contribution in [0.2, 0.25) is 5.02 Å². The number of rotatable bonds is 6. The molecule has 11 heteroatoms. The third-order valence-electron chi connectivity index (χ3n) is 9.49. The summed E-state index contributed by atoms with van der Waals surface area (Å²) >= 11 is 10.1. The Kier molecular flexibility index (Phi) is 10.1. The fourth-order valence-corrected chi connectivity index (χ4v) is 7.78. The fourth-order valence-electron chi connectivity index (χ4n) is 7.21. The summed E-state index contributed by atoms with van der Waals surface area (Å²) in [4.78, 5) is 43.0. The molecule has 46 heavy (non-hydrogen) atoms. The molecular formula is C35H44BrClN6O3. The SMILES string of the molecule is CC(C)(C)OC(=O)N1CCN(C2c3ccc(Cl)cc3CCc3cc(Br)cnc32)C[C@@H]1C(=O)N1CCC(CCCn2ccnc2)CC1. The van der Waals surface area contributed by atoms with Crippen molar-refractivity contribution >= 4 is 39.5 Å². The van der Waals surface area contributed by atoms with Crippen LogP contribution in [0.1, 0.15) is 74.9 Å². The molecule has 0 radical (unpaired) electrons. The van der Waals surface area contributed by atoms with Crippen LogP contribution in [0.5, 0.6) is 0 Å². The molecule has 246 valence electrons. The second kappa shape index (κ2) is 14.0. The van der Waals surface area contributed by atoms with Crippen molar-refractivity contribution in [2.45, 2.75) is 83.5 Å². The zero-order chi connectivity index (χ0) is 32.4. The second-order valence-electron chi connectivity index (χ2n) is 13.8. The molecule has 1 unspecified atom stereocenters. The van der Waals surface area contributed by atoms with Crippen LogP contribution >= 0.6 is 27.5 Å². The molecule has 3 aromatic rings. The van der Waals surface area contributed by atoms with Gasteiger partial charge < -0.3 is 14.2 Å². The summed E-state index contributed by atoms with van der Waals surface area (Å²) in [6, 6.07) is 7.45. The molecule has 2 aromatic heterocycles. The summed E-state index contributed by atoms with van der Waals surface area (Å²) in [5.74, 6) is 0.593. The maximum absolute atomic E-state index is 14.4. The molecule has 3 aliphatic rings. The number of ether oxygens (including phenoxy) is 1. The average Bonchev–Trinajstić information content (AvgIpc) is 3.49. The van der Waals surface area contributed by atoms with E-state index in [1.807, 2.05) is 56.7 Å². The number of fused-ring (bicyclic) bond motifs is 2. The number of benzene rings is 1. The van der Waals surface area contributed by atoms with Gasteiger partial charge in [-0.1, -0.05) is 17.7 Å². The first-order valence-electron chi connectivity index (χ1n) is 16.5. The summed E-state index contributed by atoms with van der Waals surface area (Å²) in [6.45, 7) is 9.35. The molecule has 4 heterocycles. The molecule has 2 aliphatic heterocycles. The standard InChI is InChI=1S/C35H44BrClN6O3/c1-35(2,3)46-34(45)43-18-17-42(32-29-9-8-28(37)20-25(29)6-7-26-19-27(36)21-39-31(26)32)22-30(43)33(44)41-14-10-24(11-15-41)5-4-13-40-16-12-38-23-40/h8-9,12,16,19-21,23-24,30,32H,4-7,10-11,13-15,17-18,22H2,1-3H3/t30-,32?/m1/s1. The number of hydrogen-bond donors (Lipinski definition) is 0. The number of halogens is 2. The molecule has 1 aliphatic carbocycles. The number of piperidine rings is 1. The molecule has 2 atom stereocenters. The number of amides is 2. The number of hydrogen-bond acceptors (Lipinski definition) is 6. The van der Waals surface area contributed by atoms with Gasteiger partial charge in [0.05, 0.1) is 18.1 Å². The minimum Gasteiger partial charge on any atom is -0.444 e. The van der Waals surface area contributed by atoms with E-state index in [4.69, 9.17) is 21.3 Å². The third kappa shape index (κ3) is 7.60. The minimum atomic E-state index is -0.660. The van der Waals surface area contributed by atoms with Gasteiger partial charge in [-0.25, -0.2) is 9.78 Å². The molecule has 0 N–H and O–H groups in total. The second-order valence-corrected chi connectivity index (χ2v) is 15.2. The van der Waals surface area contributed by atoms with Crippen LogP contribution in [-0.4, -0.2) is 85.6 Å². The highest BCUT2D eigenvalue weighted by Gasteiger charge is 2.43. The number of imidazole rings is 1. The Labute approximate surface area is 285 Å². The molecule has 1 aromatic carbocycles. The van der Waals surface area contributed by atoms with E-state index in [2.05, 4.69) is 48.6 Å². The summed E-state index contributed by atoms with van der Waals surface area (Å²) in [6.07, 6.45) is 13.0. The topological polar surface area (TPSA) is 83.8 Å². The summed E-state index contributed by atoms with van der Waals surface area (Å²) in [5.41, 5.74) is 3.87. The normalized spacial score (nSPS) is 21.0. The highest BCUT2D eigenvalue weighted by Crippen LogP contribution is 2.39. The van der Waals surface area contributed by atoms with Crippen molar-refractivity contribution in [3.05, 3.63) is 81.1 Å². The van der Waals surface area contributed by atoms with Gasteiger partial charge in [-0.3, -0.25) is 19.6 Å². The van der Waals surface area contributed by atoms with Gasteiger partial charge >= 0.3 is 6.09 Å². The number of nitrogens with zero attached hydrogens (tertiary/aromatic N) is 6. The number of aromatic nitrogens is 3. The largest absolute Gasteiger partial charge is 0.444 e. The van der Waals surface area contributed by atoms with Crippen molar-refractivity contribution in [3.63, 3.8) is 0 Å². The first-order valence-corrected chi connectivity index (χ1v) is 17.6. The van der Waals surface area contributed by atoms with Crippen LogP contribution < -0.4 is 0 Å². The van der Waals surface area contributed by atoms with Crippen molar-refractivity contribution < 1.29 is 14.3 Å². The molecule has 0 spiro atoms. The van der Waals surface area contributed by atoms with Crippen molar-refractivity contribution in [1.82, 2.24) is 29.2 Å². The highest BCUT2D eigenvalue weighted by molar-refractivity contribution is 9.10. The van der Waals surface area contributed by atoms with Crippen LogP contribution in [0.3, 0.4) is 0 Å². The molecule has 2 fully saturated rings. The first kappa shape index (κ1) is 33.0. The average molecular weight is 712 g/mol. The van der Waals surface area contributed by atoms with E-state index < -0.39 is 17.7 Å². The van der Waals surface area contributed by atoms with Crippen LogP contribution in [0, 0.1) is 5.92 Å². The van der Waals surface area contributed by atoms with Crippen LogP contribution in [0.4, 0.5) is 4.79 Å². The smallest absolute Gasteiger partial charge is 0.411 e. The Morgan fingerprint density at radius 3 is 2.59 bits per heavy atom. The van der Waals surface area contributed by atoms with Crippen LogP contribution in [0.25, 0.3) is 0 Å². The highest BCUT2D eigenvalue weighted by atomic mass is 79.9. The van der Waals surface area contributed by atoms with Gasteiger partial charge in [-0.05, 0) is 116 Å². The van der Waals surface area contributed by atoms with E-state index in [0.717, 1.165) is 60.8 Å². The van der Waals surface area contributed by atoms with Crippen LogP contribution in [0.15, 0.2) is 53.7 Å². The number of carbonyl (C=O) groups excluding carboxylic acids is 2. The lowest BCUT2D eigenvalue weighted by molar-refractivity contribution is -0.141. The number of aryl methyl sites for hydroxylation is 3. The molecule has 9 nitrogen and oxygen atoms in total. The van der Waals surface area contributed by atoms with E-state index >= 15 is 0 Å². The fraction of sp³-hybridized carbons (Fsp3) is 0.543. The van der Waals surface area contributed by atoms with E-state index in [0.29, 0.717) is 43.7 Å². The quantitative estimate of drug-likeness (QED) is 0.290. The number of pyridine rings is 1. The van der Waals surface area contributed by atoms with E-state index in [1.54, 1.807) is 4.90 Å². The monoisotopic (exact) mass is 710 g/mol. The van der Waals surface area contributed by atoms with E-state index in [1.165, 1.54) is 11.1 Å². The number of piperazine rings is 1. The maximum atomic E-state index is 14.4. The molecular weight excluding hydrogens is 668 g/mol. The summed E-state index contributed by atoms with van der Waals surface area (Å²) < 4.78 is 8.90. The number of carbonyl (C=O) groups is 2. The summed E-state index contributed by atoms with van der Waals surface area (Å²) in [5, 5.41) is 0.713. The molecule has 0 saturated carbocycles. The zero-order valence-corrected chi connectivity index (χ0v) is 29.3. The molecule has 2 saturated heterocycles. The lowest BCUT2D eigenvalue weighted by atomic mass is 9.91. The molecule has 6 rings (SSSR count). The van der Waals surface area contributed by atoms with Crippen LogP contribution in [-0.2, 0) is 28.9 Å². The zero-order valence-electron chi connectivity index (χ0n) is 27.0. The minimum absolute atomic E-state index is 0.00126. The lowest BCUT2D eigenvalue weighted by Crippen LogP contribution is -2.62. The predicted octanol–water partition coefficient (Wildman–Crippen LogP) is 6.52. The van der Waals surface area contributed by atoms with Gasteiger partial charge in [-0.2, -0.15) is 0 Å². The third-order valence-corrected chi connectivity index (χ3v) is 10.2. The lowest BCUT2D eigenvalue weighted by Gasteiger charge is -2.45. The van der Waals surface area contributed by atoms with E-state index in [9.17, 15) is 9.59 Å². The molecule has 2 amide bonds. The van der Waals surface area contributed by atoms with Crippen molar-refractivity contribution in [1.29, 1.82) is 0 Å². The van der Waals surface area contributed by atoms with Crippen molar-refractivity contribution in [2.75, 3.05) is 32.7 Å². The molecule has 0 bridgehead atoms. The maximum Gasteiger partial charge on any atom is 0.411 e. The predicted molar refractivity (Wildman–Crippen MR) is 182 cm³/mol. The Morgan fingerprint density at radius 1 is 1.07 bits per heavy atom. The summed E-state index contributed by atoms with van der Waals surface area (Å²) in [7, 11) is 0. The van der Waals surface area contributed by atoms with Gasteiger partial charge in [0.2, 0.25) is 5.91 Å².